The van der Waals surface area contributed by atoms with Crippen LogP contribution in [0.4, 0.5) is 10.2 Å². The highest BCUT2D eigenvalue weighted by Crippen LogP contribution is 2.32. The summed E-state index contributed by atoms with van der Waals surface area (Å²) in [6, 6.07) is 24.2. The first-order valence-corrected chi connectivity index (χ1v) is 13.6. The molecule has 42 heavy (non-hydrogen) atoms. The van der Waals surface area contributed by atoms with Crippen LogP contribution in [0, 0.1) is 5.82 Å². The molecule has 1 saturated heterocycles. The second-order valence-electron chi connectivity index (χ2n) is 9.86. The Balaban J connectivity index is 1.22. The van der Waals surface area contributed by atoms with Gasteiger partial charge in [-0.1, -0.05) is 30.3 Å². The van der Waals surface area contributed by atoms with Crippen molar-refractivity contribution in [2.75, 3.05) is 51.8 Å². The van der Waals surface area contributed by atoms with Gasteiger partial charge in [0.15, 0.2) is 5.82 Å². The molecule has 1 aliphatic rings. The van der Waals surface area contributed by atoms with Gasteiger partial charge >= 0.3 is 0 Å². The lowest BCUT2D eigenvalue weighted by Crippen LogP contribution is -2.52. The number of anilines is 1. The molecule has 0 saturated carbocycles. The number of carbonyl (C=O) groups is 2. The van der Waals surface area contributed by atoms with E-state index >= 15 is 0 Å². The summed E-state index contributed by atoms with van der Waals surface area (Å²) in [4.78, 5) is 32.0. The zero-order valence-electron chi connectivity index (χ0n) is 23.6. The van der Waals surface area contributed by atoms with E-state index in [0.29, 0.717) is 48.9 Å². The van der Waals surface area contributed by atoms with Crippen LogP contribution in [0.2, 0.25) is 0 Å². The lowest BCUT2D eigenvalue weighted by Gasteiger charge is -2.36. The van der Waals surface area contributed by atoms with Crippen LogP contribution in [0.1, 0.15) is 15.9 Å². The molecule has 1 aromatic heterocycles. The molecule has 0 spiro atoms. The van der Waals surface area contributed by atoms with Gasteiger partial charge in [0, 0.05) is 49.9 Å². The van der Waals surface area contributed by atoms with Gasteiger partial charge in [-0.25, -0.2) is 4.39 Å². The predicted molar refractivity (Wildman–Crippen MR) is 157 cm³/mol. The summed E-state index contributed by atoms with van der Waals surface area (Å²) in [5.74, 6) is 1.16. The van der Waals surface area contributed by atoms with E-state index in [-0.39, 0.29) is 24.9 Å². The van der Waals surface area contributed by atoms with Gasteiger partial charge in [-0.2, -0.15) is 0 Å². The average molecular weight is 570 g/mol. The van der Waals surface area contributed by atoms with Crippen molar-refractivity contribution in [2.45, 2.75) is 6.54 Å². The van der Waals surface area contributed by atoms with Crippen LogP contribution in [0.15, 0.2) is 84.9 Å². The number of methoxy groups -OCH3 is 2. The van der Waals surface area contributed by atoms with Gasteiger partial charge in [-0.15, -0.1) is 10.2 Å². The maximum atomic E-state index is 13.5. The van der Waals surface area contributed by atoms with Crippen LogP contribution in [0.25, 0.3) is 11.3 Å². The molecule has 0 atom stereocenters. The highest BCUT2D eigenvalue weighted by molar-refractivity contribution is 5.96. The van der Waals surface area contributed by atoms with Crippen LogP contribution < -0.4 is 14.4 Å². The third-order valence-corrected chi connectivity index (χ3v) is 7.21. The Bertz CT molecular complexity index is 1510. The fourth-order valence-electron chi connectivity index (χ4n) is 4.87. The van der Waals surface area contributed by atoms with Crippen molar-refractivity contribution >= 4 is 17.6 Å². The predicted octanol–water partition coefficient (Wildman–Crippen LogP) is 4.29. The maximum absolute atomic E-state index is 13.5. The molecule has 1 aliphatic heterocycles. The Hall–Kier alpha value is -4.99. The van der Waals surface area contributed by atoms with Crippen molar-refractivity contribution in [3.05, 3.63) is 102 Å². The number of hydrogen-bond acceptors (Lipinski definition) is 7. The highest BCUT2D eigenvalue weighted by atomic mass is 19.1. The molecule has 0 aliphatic carbocycles. The summed E-state index contributed by atoms with van der Waals surface area (Å²) in [6.45, 7) is 2.32. The van der Waals surface area contributed by atoms with Crippen LogP contribution >= 0.6 is 0 Å². The van der Waals surface area contributed by atoms with E-state index in [2.05, 4.69) is 15.1 Å². The molecule has 0 radical (unpaired) electrons. The van der Waals surface area contributed by atoms with Crippen molar-refractivity contribution in [1.29, 1.82) is 0 Å². The number of halogens is 1. The van der Waals surface area contributed by atoms with Crippen LogP contribution in [-0.4, -0.2) is 78.8 Å². The van der Waals surface area contributed by atoms with Gasteiger partial charge in [0.1, 0.15) is 23.9 Å². The number of amides is 2. The SMILES string of the molecule is COc1ccc(-c2ccc(N3CCN(C(=O)CN(Cc4ccccc4)C(=O)c4ccc(F)cc4)CC3)nn2)c(OC)c1. The molecule has 5 rings (SSSR count). The molecule has 9 nitrogen and oxygen atoms in total. The zero-order chi connectivity index (χ0) is 29.5. The zero-order valence-corrected chi connectivity index (χ0v) is 23.6. The molecule has 0 N–H and O–H groups in total. The number of hydrogen-bond donors (Lipinski definition) is 0. The van der Waals surface area contributed by atoms with Gasteiger partial charge in [0.05, 0.1) is 19.9 Å². The van der Waals surface area contributed by atoms with Gasteiger partial charge < -0.3 is 24.2 Å². The Morgan fingerprint density at radius 2 is 1.60 bits per heavy atom. The smallest absolute Gasteiger partial charge is 0.254 e. The largest absolute Gasteiger partial charge is 0.497 e. The fraction of sp³-hybridized carbons (Fsp3) is 0.250. The van der Waals surface area contributed by atoms with Crippen molar-refractivity contribution in [2.24, 2.45) is 0 Å². The number of aromatic nitrogens is 2. The van der Waals surface area contributed by atoms with E-state index in [9.17, 15) is 14.0 Å². The van der Waals surface area contributed by atoms with E-state index in [0.717, 1.165) is 16.9 Å². The molecule has 0 unspecified atom stereocenters. The fourth-order valence-corrected chi connectivity index (χ4v) is 4.87. The Kier molecular flexibility index (Phi) is 8.91. The van der Waals surface area contributed by atoms with Crippen LogP contribution in [0.3, 0.4) is 0 Å². The summed E-state index contributed by atoms with van der Waals surface area (Å²) >= 11 is 0. The third kappa shape index (κ3) is 6.65. The van der Waals surface area contributed by atoms with Gasteiger partial charge in [0.25, 0.3) is 5.91 Å². The number of benzene rings is 3. The molecule has 2 heterocycles. The number of nitrogens with zero attached hydrogens (tertiary/aromatic N) is 5. The summed E-state index contributed by atoms with van der Waals surface area (Å²) in [7, 11) is 3.20. The highest BCUT2D eigenvalue weighted by Gasteiger charge is 2.26. The first-order chi connectivity index (χ1) is 20.4. The standard InChI is InChI=1S/C32H32FN5O4/c1-41-26-12-13-27(29(20-26)42-2)28-14-15-30(35-34-28)36-16-18-37(19-17-36)31(39)22-38(21-23-6-4-3-5-7-23)32(40)24-8-10-25(33)11-9-24/h3-15,20H,16-19,21-22H2,1-2H3. The minimum absolute atomic E-state index is 0.0801. The quantitative estimate of drug-likeness (QED) is 0.297. The van der Waals surface area contributed by atoms with Crippen molar-refractivity contribution < 1.29 is 23.5 Å². The summed E-state index contributed by atoms with van der Waals surface area (Å²) in [5.41, 5.74) is 2.72. The van der Waals surface area contributed by atoms with E-state index in [1.807, 2.05) is 54.6 Å². The Morgan fingerprint density at radius 3 is 2.24 bits per heavy atom. The van der Waals surface area contributed by atoms with Gasteiger partial charge in [-0.3, -0.25) is 9.59 Å². The number of piperazine rings is 1. The molecule has 2 amide bonds. The molecule has 3 aromatic carbocycles. The lowest BCUT2D eigenvalue weighted by molar-refractivity contribution is -0.132. The Morgan fingerprint density at radius 1 is 0.857 bits per heavy atom. The van der Waals surface area contributed by atoms with Gasteiger partial charge in [0.2, 0.25) is 5.91 Å². The van der Waals surface area contributed by atoms with Gasteiger partial charge in [-0.05, 0) is 54.1 Å². The molecule has 1 fully saturated rings. The van der Waals surface area contributed by atoms with E-state index in [4.69, 9.17) is 9.47 Å². The summed E-state index contributed by atoms with van der Waals surface area (Å²) in [5, 5.41) is 8.85. The average Bonchev–Trinajstić information content (AvgIpc) is 3.04. The van der Waals surface area contributed by atoms with Crippen LogP contribution in [0.5, 0.6) is 11.5 Å². The maximum Gasteiger partial charge on any atom is 0.254 e. The first kappa shape index (κ1) is 28.5. The normalized spacial score (nSPS) is 13.0. The molecular formula is C32H32FN5O4. The van der Waals surface area contributed by atoms with E-state index in [1.54, 1.807) is 25.2 Å². The second kappa shape index (κ2) is 13.1. The minimum Gasteiger partial charge on any atom is -0.497 e. The molecule has 216 valence electrons. The van der Waals surface area contributed by atoms with Crippen molar-refractivity contribution in [3.8, 4) is 22.8 Å². The summed E-state index contributed by atoms with van der Waals surface area (Å²) in [6.07, 6.45) is 0. The first-order valence-electron chi connectivity index (χ1n) is 13.6. The van der Waals surface area contributed by atoms with E-state index in [1.165, 1.54) is 29.2 Å². The second-order valence-corrected chi connectivity index (χ2v) is 9.86. The number of ether oxygens (including phenoxy) is 2. The number of carbonyl (C=O) groups excluding carboxylic acids is 2. The van der Waals surface area contributed by atoms with Crippen molar-refractivity contribution in [1.82, 2.24) is 20.0 Å². The molecule has 10 heteroatoms. The minimum atomic E-state index is -0.421. The topological polar surface area (TPSA) is 88.1 Å². The van der Waals surface area contributed by atoms with Crippen molar-refractivity contribution in [3.63, 3.8) is 0 Å². The lowest BCUT2D eigenvalue weighted by atomic mass is 10.1. The third-order valence-electron chi connectivity index (χ3n) is 7.21. The molecular weight excluding hydrogens is 537 g/mol. The molecule has 4 aromatic rings. The Labute approximate surface area is 244 Å². The van der Waals surface area contributed by atoms with Crippen LogP contribution in [-0.2, 0) is 11.3 Å². The van der Waals surface area contributed by atoms with E-state index < -0.39 is 5.82 Å². The summed E-state index contributed by atoms with van der Waals surface area (Å²) < 4.78 is 24.2. The monoisotopic (exact) mass is 569 g/mol. The number of rotatable bonds is 9. The molecule has 0 bridgehead atoms.